The number of fused-ring (bicyclic) bond motifs is 1. The fourth-order valence-electron chi connectivity index (χ4n) is 2.82. The van der Waals surface area contributed by atoms with Gasteiger partial charge in [0.1, 0.15) is 5.69 Å². The zero-order valence-corrected chi connectivity index (χ0v) is 14.0. The molecule has 0 saturated heterocycles. The molecule has 0 spiro atoms. The van der Waals surface area contributed by atoms with Gasteiger partial charge in [-0.1, -0.05) is 53.7 Å². The Labute approximate surface area is 148 Å². The summed E-state index contributed by atoms with van der Waals surface area (Å²) in [5.74, 6) is 0.408. The van der Waals surface area contributed by atoms with Crippen molar-refractivity contribution < 1.29 is 9.32 Å². The van der Waals surface area contributed by atoms with Gasteiger partial charge in [-0.3, -0.25) is 9.59 Å². The summed E-state index contributed by atoms with van der Waals surface area (Å²) in [6.45, 7) is 0. The van der Waals surface area contributed by atoms with Crippen LogP contribution in [0.25, 0.3) is 22.1 Å². The summed E-state index contributed by atoms with van der Waals surface area (Å²) in [5.41, 5.74) is 0.884. The van der Waals surface area contributed by atoms with Crippen LogP contribution in [0, 0.1) is 0 Å². The molecule has 6 heteroatoms. The standard InChI is InChI=1S/C20H15N3O3/c1-23-16(11-14-9-5-6-10-15(14)20(23)25)19(24)21-18-12-17(26-22-18)13-7-3-2-4-8-13/h2-12H,1H3,(H,21,22,24). The average molecular weight is 345 g/mol. The lowest BCUT2D eigenvalue weighted by atomic mass is 10.1. The van der Waals surface area contributed by atoms with Crippen molar-refractivity contribution in [2.75, 3.05) is 5.32 Å². The highest BCUT2D eigenvalue weighted by atomic mass is 16.5. The minimum Gasteiger partial charge on any atom is -0.354 e. The normalized spacial score (nSPS) is 10.8. The highest BCUT2D eigenvalue weighted by molar-refractivity contribution is 6.04. The third kappa shape index (κ3) is 2.77. The second-order valence-electron chi connectivity index (χ2n) is 5.88. The van der Waals surface area contributed by atoms with Gasteiger partial charge >= 0.3 is 0 Å². The van der Waals surface area contributed by atoms with E-state index in [1.54, 1.807) is 37.4 Å². The smallest absolute Gasteiger partial charge is 0.273 e. The van der Waals surface area contributed by atoms with Gasteiger partial charge in [-0.25, -0.2) is 0 Å². The lowest BCUT2D eigenvalue weighted by Crippen LogP contribution is -2.26. The molecule has 0 bridgehead atoms. The Morgan fingerprint density at radius 2 is 1.77 bits per heavy atom. The molecular formula is C20H15N3O3. The van der Waals surface area contributed by atoms with E-state index in [4.69, 9.17) is 4.52 Å². The molecule has 26 heavy (non-hydrogen) atoms. The van der Waals surface area contributed by atoms with Crippen molar-refractivity contribution in [1.29, 1.82) is 0 Å². The minimum absolute atomic E-state index is 0.224. The molecule has 0 aliphatic heterocycles. The van der Waals surface area contributed by atoms with Crippen molar-refractivity contribution >= 4 is 22.5 Å². The highest BCUT2D eigenvalue weighted by Gasteiger charge is 2.15. The number of benzene rings is 2. The molecule has 1 N–H and O–H groups in total. The lowest BCUT2D eigenvalue weighted by molar-refractivity contribution is 0.101. The van der Waals surface area contributed by atoms with E-state index in [0.29, 0.717) is 16.5 Å². The number of pyridine rings is 1. The predicted octanol–water partition coefficient (Wildman–Crippen LogP) is 3.45. The summed E-state index contributed by atoms with van der Waals surface area (Å²) < 4.78 is 6.61. The Morgan fingerprint density at radius 3 is 2.58 bits per heavy atom. The molecule has 128 valence electrons. The summed E-state index contributed by atoms with van der Waals surface area (Å²) in [4.78, 5) is 25.1. The van der Waals surface area contributed by atoms with Gasteiger partial charge in [0.15, 0.2) is 11.6 Å². The largest absolute Gasteiger partial charge is 0.354 e. The molecule has 0 fully saturated rings. The quantitative estimate of drug-likeness (QED) is 0.617. The van der Waals surface area contributed by atoms with E-state index in [2.05, 4.69) is 10.5 Å². The number of aromatic nitrogens is 2. The Bertz CT molecular complexity index is 1160. The van der Waals surface area contributed by atoms with E-state index in [1.165, 1.54) is 4.57 Å². The first kappa shape index (κ1) is 15.8. The Kier molecular flexibility index (Phi) is 3.85. The van der Waals surface area contributed by atoms with Gasteiger partial charge in [0.25, 0.3) is 11.5 Å². The van der Waals surface area contributed by atoms with E-state index < -0.39 is 5.91 Å². The van der Waals surface area contributed by atoms with Crippen molar-refractivity contribution in [3.63, 3.8) is 0 Å². The first-order valence-electron chi connectivity index (χ1n) is 8.06. The zero-order valence-electron chi connectivity index (χ0n) is 14.0. The van der Waals surface area contributed by atoms with Gasteiger partial charge in [0, 0.05) is 24.1 Å². The summed E-state index contributed by atoms with van der Waals surface area (Å²) in [7, 11) is 1.57. The van der Waals surface area contributed by atoms with Gasteiger partial charge in [-0.2, -0.15) is 0 Å². The maximum atomic E-state index is 12.6. The first-order chi connectivity index (χ1) is 12.6. The number of hydrogen-bond donors (Lipinski definition) is 1. The van der Waals surface area contributed by atoms with Crippen LogP contribution in [-0.2, 0) is 7.05 Å². The number of nitrogens with zero attached hydrogens (tertiary/aromatic N) is 2. The molecule has 0 unspecified atom stereocenters. The molecule has 0 saturated carbocycles. The monoisotopic (exact) mass is 345 g/mol. The van der Waals surface area contributed by atoms with Gasteiger partial charge in [-0.15, -0.1) is 0 Å². The van der Waals surface area contributed by atoms with Crippen molar-refractivity contribution in [2.45, 2.75) is 0 Å². The second kappa shape index (κ2) is 6.33. The summed E-state index contributed by atoms with van der Waals surface area (Å²) >= 11 is 0. The molecule has 2 aromatic carbocycles. The molecule has 1 amide bonds. The average Bonchev–Trinajstić information content (AvgIpc) is 3.14. The number of anilines is 1. The molecule has 4 aromatic rings. The van der Waals surface area contributed by atoms with Crippen LogP contribution in [0.5, 0.6) is 0 Å². The predicted molar refractivity (Wildman–Crippen MR) is 99.1 cm³/mol. The van der Waals surface area contributed by atoms with Crippen LogP contribution in [0.1, 0.15) is 10.5 Å². The zero-order chi connectivity index (χ0) is 18.1. The van der Waals surface area contributed by atoms with Crippen LogP contribution in [0.15, 0.2) is 76.0 Å². The summed E-state index contributed by atoms with van der Waals surface area (Å²) in [6, 6.07) is 20.0. The number of carbonyl (C=O) groups excluding carboxylic acids is 1. The summed E-state index contributed by atoms with van der Waals surface area (Å²) in [6.07, 6.45) is 0. The van der Waals surface area contributed by atoms with E-state index >= 15 is 0 Å². The van der Waals surface area contributed by atoms with Crippen LogP contribution < -0.4 is 10.9 Å². The molecule has 0 atom stereocenters. The molecule has 2 heterocycles. The molecule has 4 rings (SSSR count). The second-order valence-corrected chi connectivity index (χ2v) is 5.88. The van der Waals surface area contributed by atoms with Crippen molar-refractivity contribution in [3.05, 3.63) is 82.8 Å². The molecular weight excluding hydrogens is 330 g/mol. The number of amides is 1. The first-order valence-corrected chi connectivity index (χ1v) is 8.06. The van der Waals surface area contributed by atoms with Crippen LogP contribution in [0.2, 0.25) is 0 Å². The van der Waals surface area contributed by atoms with E-state index in [-0.39, 0.29) is 17.1 Å². The van der Waals surface area contributed by atoms with E-state index in [0.717, 1.165) is 5.56 Å². The van der Waals surface area contributed by atoms with Gasteiger partial charge in [-0.05, 0) is 17.5 Å². The molecule has 0 aliphatic carbocycles. The number of hydrogen-bond acceptors (Lipinski definition) is 4. The Morgan fingerprint density at radius 1 is 1.04 bits per heavy atom. The van der Waals surface area contributed by atoms with Gasteiger partial charge in [0.05, 0.1) is 0 Å². The molecule has 0 aliphatic rings. The van der Waals surface area contributed by atoms with Gasteiger partial charge in [0.2, 0.25) is 0 Å². The Balaban J connectivity index is 1.65. The van der Waals surface area contributed by atoms with E-state index in [1.807, 2.05) is 36.4 Å². The Hall–Kier alpha value is -3.67. The fraction of sp³-hybridized carbons (Fsp3) is 0.0500. The minimum atomic E-state index is -0.428. The fourth-order valence-corrected chi connectivity index (χ4v) is 2.82. The maximum Gasteiger partial charge on any atom is 0.273 e. The van der Waals surface area contributed by atoms with Crippen LogP contribution in [-0.4, -0.2) is 15.6 Å². The van der Waals surface area contributed by atoms with Crippen molar-refractivity contribution in [1.82, 2.24) is 9.72 Å². The number of nitrogens with one attached hydrogen (secondary N) is 1. The SMILES string of the molecule is Cn1c(C(=O)Nc2cc(-c3ccccc3)on2)cc2ccccc2c1=O. The lowest BCUT2D eigenvalue weighted by Gasteiger charge is -2.09. The van der Waals surface area contributed by atoms with Crippen LogP contribution >= 0.6 is 0 Å². The number of carbonyl (C=O) groups is 1. The molecule has 6 nitrogen and oxygen atoms in total. The summed E-state index contributed by atoms with van der Waals surface area (Å²) in [5, 5.41) is 7.84. The third-order valence-corrected chi connectivity index (χ3v) is 4.19. The van der Waals surface area contributed by atoms with Crippen molar-refractivity contribution in [3.8, 4) is 11.3 Å². The number of rotatable bonds is 3. The van der Waals surface area contributed by atoms with Crippen LogP contribution in [0.4, 0.5) is 5.82 Å². The molecule has 2 aromatic heterocycles. The third-order valence-electron chi connectivity index (χ3n) is 4.19. The maximum absolute atomic E-state index is 12.6. The molecule has 0 radical (unpaired) electrons. The van der Waals surface area contributed by atoms with Crippen LogP contribution in [0.3, 0.4) is 0 Å². The van der Waals surface area contributed by atoms with Crippen molar-refractivity contribution in [2.24, 2.45) is 7.05 Å². The van der Waals surface area contributed by atoms with Gasteiger partial charge < -0.3 is 14.4 Å². The topological polar surface area (TPSA) is 77.1 Å². The van der Waals surface area contributed by atoms with E-state index in [9.17, 15) is 9.59 Å². The highest BCUT2D eigenvalue weighted by Crippen LogP contribution is 2.22.